The Morgan fingerprint density at radius 1 is 0.966 bits per heavy atom. The first-order chi connectivity index (χ1) is 14.2. The fourth-order valence-corrected chi connectivity index (χ4v) is 6.24. The van der Waals surface area contributed by atoms with Crippen molar-refractivity contribution >= 4 is 11.8 Å². The van der Waals surface area contributed by atoms with Gasteiger partial charge in [0.05, 0.1) is 11.5 Å². The summed E-state index contributed by atoms with van der Waals surface area (Å²) < 4.78 is 5.40. The van der Waals surface area contributed by atoms with Crippen LogP contribution in [0.25, 0.3) is 0 Å². The maximum absolute atomic E-state index is 13.4. The van der Waals surface area contributed by atoms with Crippen molar-refractivity contribution in [2.24, 2.45) is 11.3 Å². The van der Waals surface area contributed by atoms with Crippen molar-refractivity contribution in [3.8, 4) is 0 Å². The van der Waals surface area contributed by atoms with E-state index in [-0.39, 0.29) is 23.4 Å². The van der Waals surface area contributed by atoms with Crippen molar-refractivity contribution in [1.29, 1.82) is 0 Å². The quantitative estimate of drug-likeness (QED) is 0.734. The summed E-state index contributed by atoms with van der Waals surface area (Å²) in [5.41, 5.74) is 1.13. The number of carbonyl (C=O) groups is 2. The van der Waals surface area contributed by atoms with E-state index in [0.29, 0.717) is 25.0 Å². The van der Waals surface area contributed by atoms with Crippen LogP contribution in [0.5, 0.6) is 0 Å². The SMILES string of the molecule is O=C(C1CCOCC1)N1CCC(N2C(=O)C3(CCCC3)C2c2ccccc2)CC1. The van der Waals surface area contributed by atoms with Gasteiger partial charge >= 0.3 is 0 Å². The number of β-lactam (4-membered cyclic amide) rings is 1. The number of rotatable bonds is 3. The monoisotopic (exact) mass is 396 g/mol. The molecule has 3 heterocycles. The second kappa shape index (κ2) is 7.75. The lowest BCUT2D eigenvalue weighted by molar-refractivity contribution is -0.181. The highest BCUT2D eigenvalue weighted by Gasteiger charge is 2.63. The molecule has 2 amide bonds. The van der Waals surface area contributed by atoms with Crippen LogP contribution >= 0.6 is 0 Å². The number of amides is 2. The maximum Gasteiger partial charge on any atom is 0.232 e. The highest BCUT2D eigenvalue weighted by molar-refractivity contribution is 5.91. The van der Waals surface area contributed by atoms with Gasteiger partial charge in [0.1, 0.15) is 0 Å². The molecule has 0 N–H and O–H groups in total. The van der Waals surface area contributed by atoms with Crippen molar-refractivity contribution in [3.63, 3.8) is 0 Å². The Kier molecular flexibility index (Phi) is 5.10. The molecular formula is C24H32N2O3. The van der Waals surface area contributed by atoms with Gasteiger partial charge < -0.3 is 14.5 Å². The zero-order valence-corrected chi connectivity index (χ0v) is 17.2. The Morgan fingerprint density at radius 3 is 2.28 bits per heavy atom. The predicted molar refractivity (Wildman–Crippen MR) is 110 cm³/mol. The molecule has 1 aromatic carbocycles. The third-order valence-electron chi connectivity index (χ3n) is 7.81. The number of nitrogens with zero attached hydrogens (tertiary/aromatic N) is 2. The topological polar surface area (TPSA) is 49.9 Å². The smallest absolute Gasteiger partial charge is 0.232 e. The molecule has 0 radical (unpaired) electrons. The summed E-state index contributed by atoms with van der Waals surface area (Å²) >= 11 is 0. The Bertz CT molecular complexity index is 745. The fraction of sp³-hybridized carbons (Fsp3) is 0.667. The van der Waals surface area contributed by atoms with Gasteiger partial charge in [-0.2, -0.15) is 0 Å². The molecule has 5 rings (SSSR count). The summed E-state index contributed by atoms with van der Waals surface area (Å²) in [4.78, 5) is 30.5. The largest absolute Gasteiger partial charge is 0.381 e. The molecule has 1 aliphatic carbocycles. The molecule has 3 aliphatic heterocycles. The Hall–Kier alpha value is -1.88. The molecule has 1 atom stereocenters. The minimum atomic E-state index is -0.156. The number of benzene rings is 1. The van der Waals surface area contributed by atoms with Crippen LogP contribution in [0.2, 0.25) is 0 Å². The second-order valence-electron chi connectivity index (χ2n) is 9.33. The number of carbonyl (C=O) groups excluding carboxylic acids is 2. The Labute approximate surface area is 173 Å². The molecule has 1 spiro atoms. The first-order valence-electron chi connectivity index (χ1n) is 11.4. The van der Waals surface area contributed by atoms with E-state index in [4.69, 9.17) is 4.74 Å². The van der Waals surface area contributed by atoms with Crippen LogP contribution < -0.4 is 0 Å². The maximum atomic E-state index is 13.4. The zero-order chi connectivity index (χ0) is 19.8. The highest BCUT2D eigenvalue weighted by atomic mass is 16.5. The van der Waals surface area contributed by atoms with Gasteiger partial charge in [0.15, 0.2) is 0 Å². The Morgan fingerprint density at radius 2 is 1.62 bits per heavy atom. The van der Waals surface area contributed by atoms with Gasteiger partial charge in [0.25, 0.3) is 0 Å². The molecule has 0 bridgehead atoms. The van der Waals surface area contributed by atoms with Crippen LogP contribution in [0.4, 0.5) is 0 Å². The number of piperidine rings is 1. The standard InChI is InChI=1S/C24H32N2O3/c27-22(19-10-16-29-17-11-19)25-14-8-20(9-15-25)26-21(18-6-2-1-3-7-18)24(23(26)28)12-4-5-13-24/h1-3,6-7,19-21H,4-5,8-17H2. The van der Waals surface area contributed by atoms with E-state index in [1.165, 1.54) is 18.4 Å². The highest BCUT2D eigenvalue weighted by Crippen LogP contribution is 2.60. The van der Waals surface area contributed by atoms with Gasteiger partial charge in [0, 0.05) is 38.3 Å². The molecule has 1 unspecified atom stereocenters. The third kappa shape index (κ3) is 3.18. The summed E-state index contributed by atoms with van der Waals surface area (Å²) in [6.45, 7) is 2.96. The van der Waals surface area contributed by atoms with Crippen LogP contribution in [-0.4, -0.2) is 54.0 Å². The number of hydrogen-bond donors (Lipinski definition) is 0. The number of hydrogen-bond acceptors (Lipinski definition) is 3. The normalized spacial score (nSPS) is 28.0. The van der Waals surface area contributed by atoms with E-state index >= 15 is 0 Å². The number of ether oxygens (including phenoxy) is 1. The molecule has 4 fully saturated rings. The van der Waals surface area contributed by atoms with Crippen molar-refractivity contribution in [2.75, 3.05) is 26.3 Å². The van der Waals surface area contributed by atoms with Crippen LogP contribution in [0.15, 0.2) is 30.3 Å². The van der Waals surface area contributed by atoms with E-state index in [0.717, 1.165) is 51.6 Å². The van der Waals surface area contributed by atoms with Gasteiger partial charge in [-0.05, 0) is 44.1 Å². The van der Waals surface area contributed by atoms with E-state index in [9.17, 15) is 9.59 Å². The van der Waals surface area contributed by atoms with E-state index in [1.54, 1.807) is 0 Å². The minimum absolute atomic E-state index is 0.129. The van der Waals surface area contributed by atoms with Crippen LogP contribution in [0.3, 0.4) is 0 Å². The lowest BCUT2D eigenvalue weighted by Crippen LogP contribution is -2.66. The molecule has 1 aromatic rings. The van der Waals surface area contributed by atoms with Crippen molar-refractivity contribution < 1.29 is 14.3 Å². The molecule has 4 aliphatic rings. The predicted octanol–water partition coefficient (Wildman–Crippen LogP) is 3.55. The van der Waals surface area contributed by atoms with Crippen molar-refractivity contribution in [3.05, 3.63) is 35.9 Å². The lowest BCUT2D eigenvalue weighted by atomic mass is 9.65. The summed E-state index contributed by atoms with van der Waals surface area (Å²) in [6, 6.07) is 11.1. The molecule has 0 aromatic heterocycles. The van der Waals surface area contributed by atoms with Crippen LogP contribution in [0.1, 0.15) is 63.0 Å². The molecule has 1 saturated carbocycles. The van der Waals surface area contributed by atoms with Gasteiger partial charge in [0.2, 0.25) is 11.8 Å². The van der Waals surface area contributed by atoms with Crippen molar-refractivity contribution in [2.45, 2.75) is 63.5 Å². The number of likely N-dealkylation sites (tertiary alicyclic amines) is 2. The summed E-state index contributed by atoms with van der Waals surface area (Å²) in [6.07, 6.45) is 7.90. The van der Waals surface area contributed by atoms with Gasteiger partial charge in [-0.3, -0.25) is 9.59 Å². The van der Waals surface area contributed by atoms with E-state index in [2.05, 4.69) is 35.2 Å². The molecule has 3 saturated heterocycles. The lowest BCUT2D eigenvalue weighted by Gasteiger charge is -2.59. The summed E-state index contributed by atoms with van der Waals surface area (Å²) in [5.74, 6) is 0.802. The zero-order valence-electron chi connectivity index (χ0n) is 17.2. The van der Waals surface area contributed by atoms with E-state index in [1.807, 2.05) is 4.90 Å². The molecule has 156 valence electrons. The molecule has 5 heteroatoms. The van der Waals surface area contributed by atoms with Gasteiger partial charge in [-0.15, -0.1) is 0 Å². The van der Waals surface area contributed by atoms with Gasteiger partial charge in [-0.1, -0.05) is 43.2 Å². The summed E-state index contributed by atoms with van der Waals surface area (Å²) in [5, 5.41) is 0. The molecule has 29 heavy (non-hydrogen) atoms. The van der Waals surface area contributed by atoms with Gasteiger partial charge in [-0.25, -0.2) is 0 Å². The summed E-state index contributed by atoms with van der Waals surface area (Å²) in [7, 11) is 0. The Balaban J connectivity index is 1.28. The third-order valence-corrected chi connectivity index (χ3v) is 7.81. The van der Waals surface area contributed by atoms with Crippen LogP contribution in [0, 0.1) is 11.3 Å². The average Bonchev–Trinajstić information content (AvgIpc) is 3.30. The van der Waals surface area contributed by atoms with Crippen LogP contribution in [-0.2, 0) is 14.3 Å². The molecule has 5 nitrogen and oxygen atoms in total. The first-order valence-corrected chi connectivity index (χ1v) is 11.4. The van der Waals surface area contributed by atoms with Crippen molar-refractivity contribution in [1.82, 2.24) is 9.80 Å². The van der Waals surface area contributed by atoms with E-state index < -0.39 is 0 Å². The average molecular weight is 397 g/mol. The fourth-order valence-electron chi connectivity index (χ4n) is 6.24. The molecular weight excluding hydrogens is 364 g/mol. The first kappa shape index (κ1) is 19.1. The minimum Gasteiger partial charge on any atom is -0.381 e. The second-order valence-corrected chi connectivity index (χ2v) is 9.33.